The number of nitrogens with one attached hydrogen (secondary N) is 2. The number of hydrogen-bond acceptors (Lipinski definition) is 5. The average Bonchev–Trinajstić information content (AvgIpc) is 3.27. The molecule has 1 heterocycles. The topological polar surface area (TPSA) is 84.7 Å². The Hall–Kier alpha value is -4.00. The first-order valence-electron chi connectivity index (χ1n) is 9.19. The largest absolute Gasteiger partial charge is 0.355 e. The van der Waals surface area contributed by atoms with Crippen molar-refractivity contribution < 1.29 is 4.79 Å². The molecule has 2 N–H and O–H groups in total. The van der Waals surface area contributed by atoms with Gasteiger partial charge in [-0.15, -0.1) is 5.10 Å². The molecule has 4 rings (SSSR count). The molecule has 0 saturated carbocycles. The number of anilines is 3. The Kier molecular flexibility index (Phi) is 5.03. The van der Waals surface area contributed by atoms with Gasteiger partial charge in [0.25, 0.3) is 5.91 Å². The van der Waals surface area contributed by atoms with E-state index < -0.39 is 0 Å². The molecule has 7 nitrogen and oxygen atoms in total. The molecular weight excluding hydrogens is 364 g/mol. The van der Waals surface area contributed by atoms with Gasteiger partial charge in [0.1, 0.15) is 6.33 Å². The molecule has 0 fully saturated rings. The van der Waals surface area contributed by atoms with Crippen LogP contribution in [0, 0.1) is 13.8 Å². The highest BCUT2D eigenvalue weighted by molar-refractivity contribution is 6.08. The molecule has 144 valence electrons. The zero-order valence-electron chi connectivity index (χ0n) is 16.1. The van der Waals surface area contributed by atoms with Gasteiger partial charge in [0.15, 0.2) is 0 Å². The average molecular weight is 384 g/mol. The van der Waals surface area contributed by atoms with E-state index in [1.54, 1.807) is 10.7 Å². The van der Waals surface area contributed by atoms with E-state index in [2.05, 4.69) is 46.1 Å². The lowest BCUT2D eigenvalue weighted by molar-refractivity contribution is 0.102. The number of carbonyl (C=O) groups is 1. The molecule has 0 radical (unpaired) electrons. The van der Waals surface area contributed by atoms with Gasteiger partial charge in [-0.2, -0.15) is 0 Å². The second-order valence-electron chi connectivity index (χ2n) is 6.67. The summed E-state index contributed by atoms with van der Waals surface area (Å²) in [5.74, 6) is -0.187. The zero-order valence-corrected chi connectivity index (χ0v) is 16.1. The first kappa shape index (κ1) is 18.4. The molecule has 1 amide bonds. The lowest BCUT2D eigenvalue weighted by Gasteiger charge is -2.15. The van der Waals surface area contributed by atoms with Crippen LogP contribution in [0.15, 0.2) is 73.1 Å². The van der Waals surface area contributed by atoms with Crippen molar-refractivity contribution in [2.45, 2.75) is 13.8 Å². The SMILES string of the molecule is Cc1cccc(Nc2ccccc2C(=O)Nc2ccc(-n3cnnn3)cc2)c1C. The molecule has 29 heavy (non-hydrogen) atoms. The maximum atomic E-state index is 12.9. The normalized spacial score (nSPS) is 10.6. The fourth-order valence-electron chi connectivity index (χ4n) is 3.00. The van der Waals surface area contributed by atoms with Crippen molar-refractivity contribution in [2.24, 2.45) is 0 Å². The number of para-hydroxylation sites is 1. The highest BCUT2D eigenvalue weighted by atomic mass is 16.1. The number of carbonyl (C=O) groups excluding carboxylic acids is 1. The maximum absolute atomic E-state index is 12.9. The van der Waals surface area contributed by atoms with Crippen molar-refractivity contribution in [3.8, 4) is 5.69 Å². The predicted octanol–water partition coefficient (Wildman–Crippen LogP) is 4.28. The van der Waals surface area contributed by atoms with Crippen molar-refractivity contribution in [2.75, 3.05) is 10.6 Å². The van der Waals surface area contributed by atoms with Crippen LogP contribution in [0.25, 0.3) is 5.69 Å². The Bertz CT molecular complexity index is 1140. The summed E-state index contributed by atoms with van der Waals surface area (Å²) in [6.07, 6.45) is 1.52. The number of tetrazole rings is 1. The van der Waals surface area contributed by atoms with Gasteiger partial charge >= 0.3 is 0 Å². The van der Waals surface area contributed by atoms with Gasteiger partial charge in [-0.05, 0) is 77.9 Å². The van der Waals surface area contributed by atoms with E-state index in [9.17, 15) is 4.79 Å². The minimum absolute atomic E-state index is 0.187. The smallest absolute Gasteiger partial charge is 0.257 e. The third-order valence-corrected chi connectivity index (χ3v) is 4.78. The maximum Gasteiger partial charge on any atom is 0.257 e. The number of rotatable bonds is 5. The summed E-state index contributed by atoms with van der Waals surface area (Å²) in [5.41, 5.74) is 6.15. The fourth-order valence-corrected chi connectivity index (χ4v) is 3.00. The van der Waals surface area contributed by atoms with Gasteiger partial charge in [0.05, 0.1) is 16.9 Å². The third kappa shape index (κ3) is 3.98. The van der Waals surface area contributed by atoms with Crippen LogP contribution in [0.5, 0.6) is 0 Å². The van der Waals surface area contributed by atoms with Crippen molar-refractivity contribution in [3.05, 3.63) is 89.7 Å². The van der Waals surface area contributed by atoms with Crippen LogP contribution in [-0.4, -0.2) is 26.1 Å². The van der Waals surface area contributed by atoms with Crippen molar-refractivity contribution in [1.29, 1.82) is 0 Å². The highest BCUT2D eigenvalue weighted by Gasteiger charge is 2.12. The lowest BCUT2D eigenvalue weighted by atomic mass is 10.1. The standard InChI is InChI=1S/C22H20N6O/c1-15-6-5-9-20(16(15)2)25-21-8-4-3-7-19(21)22(29)24-17-10-12-18(13-11-17)28-14-23-26-27-28/h3-14,25H,1-2H3,(H,24,29). The monoisotopic (exact) mass is 384 g/mol. The number of benzene rings is 3. The molecule has 0 saturated heterocycles. The molecule has 4 aromatic rings. The Morgan fingerprint density at radius 2 is 1.66 bits per heavy atom. The van der Waals surface area contributed by atoms with Crippen LogP contribution in [0.3, 0.4) is 0 Å². The second-order valence-corrected chi connectivity index (χ2v) is 6.67. The van der Waals surface area contributed by atoms with E-state index in [4.69, 9.17) is 0 Å². The third-order valence-electron chi connectivity index (χ3n) is 4.78. The molecule has 3 aromatic carbocycles. The summed E-state index contributed by atoms with van der Waals surface area (Å²) >= 11 is 0. The Morgan fingerprint density at radius 1 is 0.897 bits per heavy atom. The van der Waals surface area contributed by atoms with Crippen LogP contribution in [0.1, 0.15) is 21.5 Å². The van der Waals surface area contributed by atoms with Gasteiger partial charge in [0, 0.05) is 11.4 Å². The first-order valence-corrected chi connectivity index (χ1v) is 9.19. The molecule has 0 unspecified atom stereocenters. The summed E-state index contributed by atoms with van der Waals surface area (Å²) in [4.78, 5) is 12.9. The van der Waals surface area contributed by atoms with Crippen LogP contribution < -0.4 is 10.6 Å². The fraction of sp³-hybridized carbons (Fsp3) is 0.0909. The van der Waals surface area contributed by atoms with Crippen molar-refractivity contribution in [1.82, 2.24) is 20.2 Å². The van der Waals surface area contributed by atoms with E-state index in [0.717, 1.165) is 22.6 Å². The van der Waals surface area contributed by atoms with E-state index >= 15 is 0 Å². The summed E-state index contributed by atoms with van der Waals surface area (Å²) in [7, 11) is 0. The van der Waals surface area contributed by atoms with Gasteiger partial charge in [-0.25, -0.2) is 4.68 Å². The molecule has 0 atom stereocenters. The molecular formula is C22H20N6O. The van der Waals surface area contributed by atoms with Gasteiger partial charge < -0.3 is 10.6 Å². The van der Waals surface area contributed by atoms with Crippen LogP contribution in [0.2, 0.25) is 0 Å². The molecule has 1 aromatic heterocycles. The van der Waals surface area contributed by atoms with E-state index in [0.29, 0.717) is 11.3 Å². The molecule has 0 aliphatic carbocycles. The number of amides is 1. The molecule has 0 bridgehead atoms. The van der Waals surface area contributed by atoms with Crippen LogP contribution in [-0.2, 0) is 0 Å². The molecule has 0 aliphatic heterocycles. The quantitative estimate of drug-likeness (QED) is 0.537. The second kappa shape index (κ2) is 7.93. The van der Waals surface area contributed by atoms with Gasteiger partial charge in [0.2, 0.25) is 0 Å². The number of hydrogen-bond donors (Lipinski definition) is 2. The minimum atomic E-state index is -0.187. The summed E-state index contributed by atoms with van der Waals surface area (Å²) in [5, 5.41) is 17.4. The van der Waals surface area contributed by atoms with Crippen molar-refractivity contribution >= 4 is 23.0 Å². The predicted molar refractivity (Wildman–Crippen MR) is 113 cm³/mol. The number of aromatic nitrogens is 4. The van der Waals surface area contributed by atoms with Crippen LogP contribution >= 0.6 is 0 Å². The molecule has 0 spiro atoms. The Balaban J connectivity index is 1.54. The summed E-state index contributed by atoms with van der Waals surface area (Å²) < 4.78 is 1.55. The lowest BCUT2D eigenvalue weighted by Crippen LogP contribution is -2.14. The summed E-state index contributed by atoms with van der Waals surface area (Å²) in [6.45, 7) is 4.13. The molecule has 0 aliphatic rings. The first-order chi connectivity index (χ1) is 14.1. The van der Waals surface area contributed by atoms with E-state index in [1.807, 2.05) is 54.6 Å². The van der Waals surface area contributed by atoms with Crippen molar-refractivity contribution in [3.63, 3.8) is 0 Å². The highest BCUT2D eigenvalue weighted by Crippen LogP contribution is 2.26. The zero-order chi connectivity index (χ0) is 20.2. The van der Waals surface area contributed by atoms with E-state index in [1.165, 1.54) is 11.9 Å². The molecule has 7 heteroatoms. The number of aryl methyl sites for hydroxylation is 1. The van der Waals surface area contributed by atoms with Gasteiger partial charge in [-0.3, -0.25) is 4.79 Å². The van der Waals surface area contributed by atoms with E-state index in [-0.39, 0.29) is 5.91 Å². The summed E-state index contributed by atoms with van der Waals surface area (Å²) in [6, 6.07) is 20.8. The minimum Gasteiger partial charge on any atom is -0.355 e. The number of nitrogens with zero attached hydrogens (tertiary/aromatic N) is 4. The van der Waals surface area contributed by atoms with Crippen LogP contribution in [0.4, 0.5) is 17.1 Å². The van der Waals surface area contributed by atoms with Gasteiger partial charge in [-0.1, -0.05) is 24.3 Å². The Labute approximate surface area is 168 Å². The Morgan fingerprint density at radius 3 is 2.41 bits per heavy atom.